The lowest BCUT2D eigenvalue weighted by Crippen LogP contribution is -2.27. The summed E-state index contributed by atoms with van der Waals surface area (Å²) in [6.07, 6.45) is -1.36. The molecule has 0 spiro atoms. The molecule has 2 N–H and O–H groups in total. The molecular weight excluding hydrogens is 208 g/mol. The van der Waals surface area contributed by atoms with Gasteiger partial charge in [0, 0.05) is 5.56 Å². The third-order valence-corrected chi connectivity index (χ3v) is 1.64. The van der Waals surface area contributed by atoms with E-state index in [1.807, 2.05) is 5.32 Å². The Morgan fingerprint density at radius 1 is 1.27 bits per heavy atom. The van der Waals surface area contributed by atoms with Crippen molar-refractivity contribution in [3.8, 4) is 0 Å². The van der Waals surface area contributed by atoms with Crippen LogP contribution in [-0.4, -0.2) is 23.5 Å². The fraction of sp³-hybridized carbons (Fsp3) is 0.111. The van der Waals surface area contributed by atoms with Gasteiger partial charge in [0.15, 0.2) is 17.4 Å². The number of amides is 1. The van der Waals surface area contributed by atoms with Crippen LogP contribution in [0.1, 0.15) is 10.4 Å². The van der Waals surface area contributed by atoms with Crippen molar-refractivity contribution in [1.29, 1.82) is 0 Å². The van der Waals surface area contributed by atoms with Crippen molar-refractivity contribution in [3.63, 3.8) is 0 Å². The van der Waals surface area contributed by atoms with Gasteiger partial charge in [-0.2, -0.15) is 0 Å². The van der Waals surface area contributed by atoms with Crippen molar-refractivity contribution < 1.29 is 23.5 Å². The number of hydrogen-bond donors (Lipinski definition) is 2. The first-order chi connectivity index (χ1) is 7.00. The number of hydrogen-bond acceptors (Lipinski definition) is 2. The lowest BCUT2D eigenvalue weighted by Gasteiger charge is -2.01. The molecule has 0 aliphatic rings. The van der Waals surface area contributed by atoms with E-state index in [0.29, 0.717) is 0 Å². The number of benzene rings is 1. The van der Waals surface area contributed by atoms with Gasteiger partial charge in [0.2, 0.25) is 0 Å². The minimum absolute atomic E-state index is 0.0809. The monoisotopic (exact) mass is 215 g/mol. The van der Waals surface area contributed by atoms with Crippen LogP contribution in [0.5, 0.6) is 0 Å². The lowest BCUT2D eigenvalue weighted by molar-refractivity contribution is 0.0986. The molecule has 0 fully saturated rings. The maximum Gasteiger partial charge on any atom is 0.405 e. The minimum atomic E-state index is -1.36. The summed E-state index contributed by atoms with van der Waals surface area (Å²) < 4.78 is 25.2. The van der Waals surface area contributed by atoms with Gasteiger partial charge in [-0.1, -0.05) is 0 Å². The average Bonchev–Trinajstić information content (AvgIpc) is 2.18. The maximum absolute atomic E-state index is 12.7. The predicted molar refractivity (Wildman–Crippen MR) is 46.7 cm³/mol. The van der Waals surface area contributed by atoms with Gasteiger partial charge in [-0.3, -0.25) is 4.79 Å². The van der Waals surface area contributed by atoms with Crippen molar-refractivity contribution in [2.24, 2.45) is 0 Å². The summed E-state index contributed by atoms with van der Waals surface area (Å²) in [5, 5.41) is 10.0. The number of carboxylic acid groups (broad SMARTS) is 1. The molecule has 1 amide bonds. The van der Waals surface area contributed by atoms with Crippen molar-refractivity contribution in [3.05, 3.63) is 35.4 Å². The van der Waals surface area contributed by atoms with Crippen LogP contribution < -0.4 is 5.32 Å². The topological polar surface area (TPSA) is 66.4 Å². The normalized spacial score (nSPS) is 9.73. The molecule has 0 atom stereocenters. The van der Waals surface area contributed by atoms with Crippen molar-refractivity contribution in [2.45, 2.75) is 0 Å². The first-order valence-corrected chi connectivity index (χ1v) is 3.95. The fourth-order valence-electron chi connectivity index (χ4n) is 0.928. The van der Waals surface area contributed by atoms with Gasteiger partial charge in [0.1, 0.15) is 0 Å². The van der Waals surface area contributed by atoms with Crippen LogP contribution >= 0.6 is 0 Å². The molecule has 1 aromatic rings. The van der Waals surface area contributed by atoms with Crippen LogP contribution in [0, 0.1) is 11.6 Å². The van der Waals surface area contributed by atoms with E-state index in [0.717, 1.165) is 18.2 Å². The van der Waals surface area contributed by atoms with Crippen LogP contribution in [0.15, 0.2) is 18.2 Å². The van der Waals surface area contributed by atoms with Gasteiger partial charge in [-0.15, -0.1) is 0 Å². The predicted octanol–water partition coefficient (Wildman–Crippen LogP) is 1.42. The second kappa shape index (κ2) is 4.50. The molecule has 0 unspecified atom stereocenters. The number of carbonyl (C=O) groups is 2. The molecule has 0 aromatic heterocycles. The zero-order valence-electron chi connectivity index (χ0n) is 7.46. The Morgan fingerprint density at radius 3 is 2.47 bits per heavy atom. The number of halogens is 2. The molecule has 0 saturated heterocycles. The summed E-state index contributed by atoms with van der Waals surface area (Å²) in [6, 6.07) is 2.62. The molecule has 0 aliphatic heterocycles. The first kappa shape index (κ1) is 11.1. The molecule has 0 radical (unpaired) electrons. The van der Waals surface area contributed by atoms with Crippen LogP contribution in [-0.2, 0) is 0 Å². The molecule has 80 valence electrons. The van der Waals surface area contributed by atoms with Gasteiger partial charge in [0.25, 0.3) is 0 Å². The van der Waals surface area contributed by atoms with E-state index < -0.39 is 30.1 Å². The quantitative estimate of drug-likeness (QED) is 0.749. The number of nitrogens with one attached hydrogen (secondary N) is 1. The smallest absolute Gasteiger partial charge is 0.405 e. The molecule has 0 saturated carbocycles. The van der Waals surface area contributed by atoms with Crippen molar-refractivity contribution >= 4 is 11.9 Å². The first-order valence-electron chi connectivity index (χ1n) is 3.95. The van der Waals surface area contributed by atoms with Gasteiger partial charge in [-0.25, -0.2) is 13.6 Å². The SMILES string of the molecule is O=C(O)NCC(=O)c1ccc(F)c(F)c1. The Bertz CT molecular complexity index is 406. The summed E-state index contributed by atoms with van der Waals surface area (Å²) in [4.78, 5) is 21.3. The Hall–Kier alpha value is -1.98. The van der Waals surface area contributed by atoms with E-state index >= 15 is 0 Å². The summed E-state index contributed by atoms with van der Waals surface area (Å²) in [7, 11) is 0. The summed E-state index contributed by atoms with van der Waals surface area (Å²) in [5.41, 5.74) is -0.0809. The maximum atomic E-state index is 12.7. The van der Waals surface area contributed by atoms with Crippen molar-refractivity contribution in [1.82, 2.24) is 5.32 Å². The molecule has 15 heavy (non-hydrogen) atoms. The molecular formula is C9H7F2NO3. The van der Waals surface area contributed by atoms with Crippen LogP contribution in [0.4, 0.5) is 13.6 Å². The highest BCUT2D eigenvalue weighted by Crippen LogP contribution is 2.08. The number of ketones is 1. The zero-order chi connectivity index (χ0) is 11.4. The highest BCUT2D eigenvalue weighted by molar-refractivity contribution is 5.98. The largest absolute Gasteiger partial charge is 0.465 e. The highest BCUT2D eigenvalue weighted by Gasteiger charge is 2.10. The third kappa shape index (κ3) is 3.01. The summed E-state index contributed by atoms with van der Waals surface area (Å²) in [6.45, 7) is -0.472. The highest BCUT2D eigenvalue weighted by atomic mass is 19.2. The van der Waals surface area contributed by atoms with Crippen LogP contribution in [0.3, 0.4) is 0 Å². The Kier molecular flexibility index (Phi) is 3.33. The Labute approximate surface area is 83.5 Å². The fourth-order valence-corrected chi connectivity index (χ4v) is 0.928. The Balaban J connectivity index is 2.74. The van der Waals surface area contributed by atoms with E-state index in [4.69, 9.17) is 5.11 Å². The van der Waals surface area contributed by atoms with Crippen LogP contribution in [0.2, 0.25) is 0 Å². The van der Waals surface area contributed by atoms with E-state index in [1.165, 1.54) is 0 Å². The second-order valence-electron chi connectivity index (χ2n) is 2.71. The van der Waals surface area contributed by atoms with E-state index in [1.54, 1.807) is 0 Å². The Morgan fingerprint density at radius 2 is 1.93 bits per heavy atom. The van der Waals surface area contributed by atoms with E-state index in [-0.39, 0.29) is 5.56 Å². The summed E-state index contributed by atoms with van der Waals surface area (Å²) in [5.74, 6) is -2.83. The molecule has 6 heteroatoms. The molecule has 0 aliphatic carbocycles. The number of Topliss-reactive ketones (excluding diaryl/α,β-unsaturated/α-hetero) is 1. The molecule has 0 heterocycles. The molecule has 1 aromatic carbocycles. The second-order valence-corrected chi connectivity index (χ2v) is 2.71. The molecule has 0 bridgehead atoms. The lowest BCUT2D eigenvalue weighted by atomic mass is 10.1. The van der Waals surface area contributed by atoms with E-state index in [9.17, 15) is 18.4 Å². The van der Waals surface area contributed by atoms with Gasteiger partial charge >= 0.3 is 6.09 Å². The zero-order valence-corrected chi connectivity index (χ0v) is 7.46. The molecule has 1 rings (SSSR count). The average molecular weight is 215 g/mol. The van der Waals surface area contributed by atoms with Crippen molar-refractivity contribution in [2.75, 3.05) is 6.54 Å². The van der Waals surface area contributed by atoms with Crippen LogP contribution in [0.25, 0.3) is 0 Å². The number of carbonyl (C=O) groups excluding carboxylic acids is 1. The standard InChI is InChI=1S/C9H7F2NO3/c10-6-2-1-5(3-7(6)11)8(13)4-12-9(14)15/h1-3,12H,4H2,(H,14,15). The number of rotatable bonds is 3. The summed E-state index contributed by atoms with van der Waals surface area (Å²) >= 11 is 0. The third-order valence-electron chi connectivity index (χ3n) is 1.64. The van der Waals surface area contributed by atoms with E-state index in [2.05, 4.69) is 0 Å². The van der Waals surface area contributed by atoms with Gasteiger partial charge < -0.3 is 10.4 Å². The van der Waals surface area contributed by atoms with Gasteiger partial charge in [-0.05, 0) is 18.2 Å². The van der Waals surface area contributed by atoms with Gasteiger partial charge in [0.05, 0.1) is 6.54 Å². The minimum Gasteiger partial charge on any atom is -0.465 e. The molecule has 4 nitrogen and oxygen atoms in total.